The Labute approximate surface area is 110 Å². The van der Waals surface area contributed by atoms with Gasteiger partial charge in [0.2, 0.25) is 0 Å². The molecule has 2 aromatic carbocycles. The molecule has 0 heteroatoms. The maximum Gasteiger partial charge on any atom is -0.00230 e. The van der Waals surface area contributed by atoms with E-state index in [2.05, 4.69) is 62.0 Å². The first-order valence-corrected chi connectivity index (χ1v) is 6.61. The van der Waals surface area contributed by atoms with Crippen molar-refractivity contribution in [3.05, 3.63) is 77.9 Å². The van der Waals surface area contributed by atoms with Crippen LogP contribution < -0.4 is 0 Å². The van der Waals surface area contributed by atoms with Crippen LogP contribution in [-0.2, 0) is 12.8 Å². The van der Waals surface area contributed by atoms with Crippen molar-refractivity contribution in [2.24, 2.45) is 0 Å². The third-order valence-electron chi connectivity index (χ3n) is 3.22. The Balaban J connectivity index is 2.17. The van der Waals surface area contributed by atoms with Crippen molar-refractivity contribution in [1.82, 2.24) is 0 Å². The van der Waals surface area contributed by atoms with Crippen molar-refractivity contribution in [3.8, 4) is 0 Å². The van der Waals surface area contributed by atoms with Crippen LogP contribution in [0.2, 0.25) is 0 Å². The number of rotatable bonds is 5. The zero-order chi connectivity index (χ0) is 12.8. The minimum Gasteiger partial charge on any atom is -0.0949 e. The summed E-state index contributed by atoms with van der Waals surface area (Å²) < 4.78 is 0. The first-order chi connectivity index (χ1) is 8.81. The molecule has 0 nitrogen and oxygen atoms in total. The average molecular weight is 236 g/mol. The van der Waals surface area contributed by atoms with Crippen LogP contribution in [0.5, 0.6) is 0 Å². The molecule has 0 spiro atoms. The van der Waals surface area contributed by atoms with E-state index in [0.717, 1.165) is 12.8 Å². The maximum atomic E-state index is 4.22. The maximum absolute atomic E-state index is 4.22. The Hall–Kier alpha value is -1.82. The second-order valence-electron chi connectivity index (χ2n) is 4.67. The van der Waals surface area contributed by atoms with Crippen LogP contribution in [-0.4, -0.2) is 0 Å². The van der Waals surface area contributed by atoms with Gasteiger partial charge < -0.3 is 0 Å². The third-order valence-corrected chi connectivity index (χ3v) is 3.22. The summed E-state index contributed by atoms with van der Waals surface area (Å²) in [6.45, 7) is 6.45. The van der Waals surface area contributed by atoms with Crippen LogP contribution in [0.1, 0.15) is 30.0 Å². The molecular weight excluding hydrogens is 216 g/mol. The topological polar surface area (TPSA) is 0 Å². The van der Waals surface area contributed by atoms with E-state index in [4.69, 9.17) is 0 Å². The highest BCUT2D eigenvalue weighted by molar-refractivity contribution is 5.65. The molecule has 0 aliphatic carbocycles. The molecule has 18 heavy (non-hydrogen) atoms. The standard InChI is InChI=1S/C18H20/c1-3-9-17-12-7-8-13-18(17)14-15(2)16-10-5-4-6-11-16/h4-8,10-13H,2-3,9,14H2,1H3. The van der Waals surface area contributed by atoms with Gasteiger partial charge >= 0.3 is 0 Å². The summed E-state index contributed by atoms with van der Waals surface area (Å²) in [4.78, 5) is 0. The molecule has 0 unspecified atom stereocenters. The number of benzene rings is 2. The lowest BCUT2D eigenvalue weighted by Crippen LogP contribution is -1.95. The van der Waals surface area contributed by atoms with E-state index in [1.807, 2.05) is 6.07 Å². The monoisotopic (exact) mass is 236 g/mol. The van der Waals surface area contributed by atoms with Gasteiger partial charge in [0.05, 0.1) is 0 Å². The highest BCUT2D eigenvalue weighted by Crippen LogP contribution is 2.20. The van der Waals surface area contributed by atoms with Gasteiger partial charge in [0.25, 0.3) is 0 Å². The number of hydrogen-bond acceptors (Lipinski definition) is 0. The van der Waals surface area contributed by atoms with E-state index < -0.39 is 0 Å². The molecule has 0 atom stereocenters. The van der Waals surface area contributed by atoms with Crippen molar-refractivity contribution < 1.29 is 0 Å². The molecule has 0 aromatic heterocycles. The third kappa shape index (κ3) is 3.10. The molecule has 0 bridgehead atoms. The van der Waals surface area contributed by atoms with Crippen molar-refractivity contribution in [1.29, 1.82) is 0 Å². The molecule has 0 aliphatic heterocycles. The summed E-state index contributed by atoms with van der Waals surface area (Å²) in [6, 6.07) is 19.1. The van der Waals surface area contributed by atoms with E-state index in [1.165, 1.54) is 28.7 Å². The van der Waals surface area contributed by atoms with Gasteiger partial charge in [0.15, 0.2) is 0 Å². The highest BCUT2D eigenvalue weighted by Gasteiger charge is 2.04. The first kappa shape index (κ1) is 12.6. The van der Waals surface area contributed by atoms with Crippen molar-refractivity contribution in [2.45, 2.75) is 26.2 Å². The molecule has 0 aliphatic rings. The summed E-state index contributed by atoms with van der Waals surface area (Å²) in [5, 5.41) is 0. The molecule has 0 saturated carbocycles. The zero-order valence-corrected chi connectivity index (χ0v) is 11.0. The fraction of sp³-hybridized carbons (Fsp3) is 0.222. The fourth-order valence-electron chi connectivity index (χ4n) is 2.25. The van der Waals surface area contributed by atoms with Gasteiger partial charge in [-0.15, -0.1) is 0 Å². The van der Waals surface area contributed by atoms with Crippen LogP contribution in [0.3, 0.4) is 0 Å². The Bertz CT molecular complexity index is 509. The molecule has 0 saturated heterocycles. The van der Waals surface area contributed by atoms with Crippen LogP contribution in [0, 0.1) is 0 Å². The van der Waals surface area contributed by atoms with Crippen molar-refractivity contribution >= 4 is 5.57 Å². The molecule has 92 valence electrons. The Kier molecular flexibility index (Phi) is 4.35. The number of allylic oxidation sites excluding steroid dienone is 1. The molecule has 0 fully saturated rings. The van der Waals surface area contributed by atoms with E-state index in [0.29, 0.717) is 0 Å². The highest BCUT2D eigenvalue weighted by atomic mass is 14.1. The number of aryl methyl sites for hydroxylation is 1. The average Bonchev–Trinajstić information content (AvgIpc) is 2.42. The zero-order valence-electron chi connectivity index (χ0n) is 11.0. The first-order valence-electron chi connectivity index (χ1n) is 6.61. The summed E-state index contributed by atoms with van der Waals surface area (Å²) in [7, 11) is 0. The molecule has 0 N–H and O–H groups in total. The van der Waals surface area contributed by atoms with Gasteiger partial charge in [-0.2, -0.15) is 0 Å². The molecular formula is C18H20. The second kappa shape index (κ2) is 6.20. The largest absolute Gasteiger partial charge is 0.0949 e. The van der Waals surface area contributed by atoms with Gasteiger partial charge in [-0.3, -0.25) is 0 Å². The summed E-state index contributed by atoms with van der Waals surface area (Å²) >= 11 is 0. The van der Waals surface area contributed by atoms with Gasteiger partial charge in [-0.1, -0.05) is 74.5 Å². The molecule has 0 radical (unpaired) electrons. The fourth-order valence-corrected chi connectivity index (χ4v) is 2.25. The second-order valence-corrected chi connectivity index (χ2v) is 4.67. The van der Waals surface area contributed by atoms with Gasteiger partial charge in [-0.05, 0) is 35.1 Å². The van der Waals surface area contributed by atoms with Crippen LogP contribution >= 0.6 is 0 Å². The van der Waals surface area contributed by atoms with E-state index in [9.17, 15) is 0 Å². The predicted octanol–water partition coefficient (Wildman–Crippen LogP) is 4.90. The summed E-state index contributed by atoms with van der Waals surface area (Å²) in [5.74, 6) is 0. The summed E-state index contributed by atoms with van der Waals surface area (Å²) in [6.07, 6.45) is 3.28. The van der Waals surface area contributed by atoms with Gasteiger partial charge in [0, 0.05) is 0 Å². The van der Waals surface area contributed by atoms with Gasteiger partial charge in [0.1, 0.15) is 0 Å². The number of hydrogen-bond donors (Lipinski definition) is 0. The predicted molar refractivity (Wildman–Crippen MR) is 79.6 cm³/mol. The molecule has 2 rings (SSSR count). The lowest BCUT2D eigenvalue weighted by Gasteiger charge is -2.10. The quantitative estimate of drug-likeness (QED) is 0.693. The molecule has 0 heterocycles. The van der Waals surface area contributed by atoms with Crippen LogP contribution in [0.15, 0.2) is 61.2 Å². The Morgan fingerprint density at radius 1 is 0.889 bits per heavy atom. The van der Waals surface area contributed by atoms with E-state index in [1.54, 1.807) is 0 Å². The lowest BCUT2D eigenvalue weighted by molar-refractivity contribution is 0.907. The Morgan fingerprint density at radius 2 is 1.50 bits per heavy atom. The van der Waals surface area contributed by atoms with Crippen LogP contribution in [0.25, 0.3) is 5.57 Å². The van der Waals surface area contributed by atoms with Crippen molar-refractivity contribution in [3.63, 3.8) is 0 Å². The minimum absolute atomic E-state index is 0.945. The SMILES string of the molecule is C=C(Cc1ccccc1CCC)c1ccccc1. The molecule has 2 aromatic rings. The molecule has 0 amide bonds. The van der Waals surface area contributed by atoms with E-state index >= 15 is 0 Å². The lowest BCUT2D eigenvalue weighted by atomic mass is 9.94. The van der Waals surface area contributed by atoms with Gasteiger partial charge in [-0.25, -0.2) is 0 Å². The Morgan fingerprint density at radius 3 is 2.17 bits per heavy atom. The summed E-state index contributed by atoms with van der Waals surface area (Å²) in [5.41, 5.74) is 5.30. The van der Waals surface area contributed by atoms with Crippen LogP contribution in [0.4, 0.5) is 0 Å². The smallest absolute Gasteiger partial charge is 0.00230 e. The van der Waals surface area contributed by atoms with Crippen molar-refractivity contribution in [2.75, 3.05) is 0 Å². The normalized spacial score (nSPS) is 10.3. The van der Waals surface area contributed by atoms with E-state index in [-0.39, 0.29) is 0 Å². The minimum atomic E-state index is 0.945.